The van der Waals surface area contributed by atoms with Gasteiger partial charge in [-0.15, -0.1) is 0 Å². The van der Waals surface area contributed by atoms with Gasteiger partial charge in [-0.2, -0.15) is 0 Å². The van der Waals surface area contributed by atoms with Crippen molar-refractivity contribution < 1.29 is 9.84 Å². The first-order valence-corrected chi connectivity index (χ1v) is 7.27. The molecule has 2 rings (SSSR count). The fourth-order valence-corrected chi connectivity index (χ4v) is 2.44. The molecule has 2 N–H and O–H groups in total. The van der Waals surface area contributed by atoms with Crippen molar-refractivity contribution >= 4 is 0 Å². The summed E-state index contributed by atoms with van der Waals surface area (Å²) in [7, 11) is 1.67. The number of nitrogens with one attached hydrogen (secondary N) is 1. The van der Waals surface area contributed by atoms with Gasteiger partial charge in [0.2, 0.25) is 0 Å². The van der Waals surface area contributed by atoms with Gasteiger partial charge in [-0.05, 0) is 36.6 Å². The van der Waals surface area contributed by atoms with Gasteiger partial charge in [-0.3, -0.25) is 0 Å². The summed E-state index contributed by atoms with van der Waals surface area (Å²) in [5, 5.41) is 13.1. The maximum absolute atomic E-state index is 9.60. The summed E-state index contributed by atoms with van der Waals surface area (Å²) in [5.74, 6) is 0.852. The van der Waals surface area contributed by atoms with Gasteiger partial charge in [0, 0.05) is 12.1 Å². The molecule has 21 heavy (non-hydrogen) atoms. The lowest BCUT2D eigenvalue weighted by Gasteiger charge is -2.22. The largest absolute Gasteiger partial charge is 0.497 e. The third-order valence-electron chi connectivity index (χ3n) is 3.62. The molecule has 0 heterocycles. The van der Waals surface area contributed by atoms with Crippen molar-refractivity contribution in [1.29, 1.82) is 0 Å². The van der Waals surface area contributed by atoms with Crippen LogP contribution in [0.3, 0.4) is 0 Å². The second-order valence-corrected chi connectivity index (χ2v) is 5.23. The third-order valence-corrected chi connectivity index (χ3v) is 3.62. The van der Waals surface area contributed by atoms with E-state index in [9.17, 15) is 5.11 Å². The fourth-order valence-electron chi connectivity index (χ4n) is 2.44. The number of ether oxygens (including phenoxy) is 1. The highest BCUT2D eigenvalue weighted by atomic mass is 16.5. The highest BCUT2D eigenvalue weighted by Crippen LogP contribution is 2.19. The van der Waals surface area contributed by atoms with Crippen molar-refractivity contribution in [3.8, 4) is 5.75 Å². The molecule has 1 unspecified atom stereocenters. The van der Waals surface area contributed by atoms with Crippen LogP contribution in [0.1, 0.15) is 24.1 Å². The van der Waals surface area contributed by atoms with Gasteiger partial charge in [0.1, 0.15) is 5.75 Å². The van der Waals surface area contributed by atoms with Crippen molar-refractivity contribution in [3.63, 3.8) is 0 Å². The summed E-state index contributed by atoms with van der Waals surface area (Å²) >= 11 is 0. The van der Waals surface area contributed by atoms with Crippen molar-refractivity contribution in [3.05, 3.63) is 65.7 Å². The summed E-state index contributed by atoms with van der Waals surface area (Å²) in [5.41, 5.74) is 2.38. The van der Waals surface area contributed by atoms with E-state index in [2.05, 4.69) is 30.4 Å². The van der Waals surface area contributed by atoms with Crippen molar-refractivity contribution in [2.75, 3.05) is 13.7 Å². The van der Waals surface area contributed by atoms with Crippen LogP contribution in [0.5, 0.6) is 5.75 Å². The van der Waals surface area contributed by atoms with Gasteiger partial charge < -0.3 is 15.2 Å². The monoisotopic (exact) mass is 285 g/mol. The Morgan fingerprint density at radius 1 is 1.10 bits per heavy atom. The SMILES string of the molecule is COc1cccc(C(C)N[C@H](CO)Cc2ccccc2)c1. The molecule has 0 bridgehead atoms. The van der Waals surface area contributed by atoms with E-state index in [4.69, 9.17) is 4.74 Å². The smallest absolute Gasteiger partial charge is 0.119 e. The Labute approximate surface area is 126 Å². The first kappa shape index (κ1) is 15.5. The van der Waals surface area contributed by atoms with Crippen molar-refractivity contribution in [1.82, 2.24) is 5.32 Å². The second kappa shape index (κ2) is 7.81. The van der Waals surface area contributed by atoms with Gasteiger partial charge in [0.15, 0.2) is 0 Å². The van der Waals surface area contributed by atoms with Crippen LogP contribution in [-0.2, 0) is 6.42 Å². The minimum absolute atomic E-state index is 0.0357. The number of rotatable bonds is 7. The average molecular weight is 285 g/mol. The van der Waals surface area contributed by atoms with E-state index < -0.39 is 0 Å². The van der Waals surface area contributed by atoms with Crippen LogP contribution in [0.2, 0.25) is 0 Å². The molecule has 0 saturated carbocycles. The molecule has 0 fully saturated rings. The van der Waals surface area contributed by atoms with E-state index in [0.717, 1.165) is 17.7 Å². The maximum Gasteiger partial charge on any atom is 0.119 e. The minimum Gasteiger partial charge on any atom is -0.497 e. The Morgan fingerprint density at radius 2 is 1.86 bits per heavy atom. The molecule has 0 aliphatic carbocycles. The molecule has 0 aliphatic rings. The van der Waals surface area contributed by atoms with Gasteiger partial charge in [0.05, 0.1) is 13.7 Å². The topological polar surface area (TPSA) is 41.5 Å². The quantitative estimate of drug-likeness (QED) is 0.822. The van der Waals surface area contributed by atoms with E-state index in [-0.39, 0.29) is 18.7 Å². The Kier molecular flexibility index (Phi) is 5.78. The molecule has 2 atom stereocenters. The summed E-state index contributed by atoms with van der Waals surface area (Å²) in [6.07, 6.45) is 0.811. The molecule has 2 aromatic carbocycles. The van der Waals surface area contributed by atoms with Crippen LogP contribution in [0.25, 0.3) is 0 Å². The van der Waals surface area contributed by atoms with E-state index in [1.54, 1.807) is 7.11 Å². The molecular formula is C18H23NO2. The zero-order valence-electron chi connectivity index (χ0n) is 12.6. The van der Waals surface area contributed by atoms with E-state index in [0.29, 0.717) is 0 Å². The number of hydrogen-bond donors (Lipinski definition) is 2. The summed E-state index contributed by atoms with van der Waals surface area (Å²) in [4.78, 5) is 0. The van der Waals surface area contributed by atoms with E-state index >= 15 is 0 Å². The predicted molar refractivity (Wildman–Crippen MR) is 85.6 cm³/mol. The van der Waals surface area contributed by atoms with Gasteiger partial charge in [-0.1, -0.05) is 42.5 Å². The number of benzene rings is 2. The van der Waals surface area contributed by atoms with Gasteiger partial charge in [0.25, 0.3) is 0 Å². The molecule has 0 saturated heterocycles. The lowest BCUT2D eigenvalue weighted by atomic mass is 10.0. The van der Waals surface area contributed by atoms with E-state index in [1.807, 2.05) is 36.4 Å². The standard InChI is InChI=1S/C18H23NO2/c1-14(16-9-6-10-18(12-16)21-2)19-17(13-20)11-15-7-4-3-5-8-15/h3-10,12,14,17,19-20H,11,13H2,1-2H3/t14?,17-/m0/s1. The predicted octanol–water partition coefficient (Wildman–Crippen LogP) is 2.95. The first-order chi connectivity index (χ1) is 10.2. The normalized spacial score (nSPS) is 13.7. The zero-order chi connectivity index (χ0) is 15.1. The summed E-state index contributed by atoms with van der Waals surface area (Å²) in [6.45, 7) is 2.21. The summed E-state index contributed by atoms with van der Waals surface area (Å²) < 4.78 is 5.25. The molecule has 0 aromatic heterocycles. The van der Waals surface area contributed by atoms with Gasteiger partial charge in [-0.25, -0.2) is 0 Å². The van der Waals surface area contributed by atoms with Crippen molar-refractivity contribution in [2.24, 2.45) is 0 Å². The third kappa shape index (κ3) is 4.59. The highest BCUT2D eigenvalue weighted by Gasteiger charge is 2.13. The molecule has 2 aromatic rings. The molecule has 0 aliphatic heterocycles. The molecule has 112 valence electrons. The fraction of sp³-hybridized carbons (Fsp3) is 0.333. The van der Waals surface area contributed by atoms with Crippen LogP contribution >= 0.6 is 0 Å². The molecular weight excluding hydrogens is 262 g/mol. The highest BCUT2D eigenvalue weighted by molar-refractivity contribution is 5.30. The van der Waals surface area contributed by atoms with Crippen LogP contribution < -0.4 is 10.1 Å². The number of hydrogen-bond acceptors (Lipinski definition) is 3. The Bertz CT molecular complexity index is 542. The van der Waals surface area contributed by atoms with Crippen LogP contribution in [0.4, 0.5) is 0 Å². The molecule has 0 amide bonds. The van der Waals surface area contributed by atoms with Gasteiger partial charge >= 0.3 is 0 Å². The number of methoxy groups -OCH3 is 1. The molecule has 3 heteroatoms. The Balaban J connectivity index is 2.00. The maximum atomic E-state index is 9.60. The van der Waals surface area contributed by atoms with Crippen molar-refractivity contribution in [2.45, 2.75) is 25.4 Å². The summed E-state index contributed by atoms with van der Waals surface area (Å²) in [6, 6.07) is 18.4. The number of aliphatic hydroxyl groups excluding tert-OH is 1. The molecule has 0 radical (unpaired) electrons. The van der Waals surface area contributed by atoms with Crippen LogP contribution in [0.15, 0.2) is 54.6 Å². The van der Waals surface area contributed by atoms with E-state index in [1.165, 1.54) is 5.56 Å². The molecule has 3 nitrogen and oxygen atoms in total. The lowest BCUT2D eigenvalue weighted by molar-refractivity contribution is 0.232. The Hall–Kier alpha value is -1.84. The lowest BCUT2D eigenvalue weighted by Crippen LogP contribution is -2.36. The van der Waals surface area contributed by atoms with Crippen LogP contribution in [0, 0.1) is 0 Å². The average Bonchev–Trinajstić information content (AvgIpc) is 2.55. The number of aliphatic hydroxyl groups is 1. The zero-order valence-corrected chi connectivity index (χ0v) is 12.6. The van der Waals surface area contributed by atoms with Crippen LogP contribution in [-0.4, -0.2) is 24.9 Å². The molecule has 0 spiro atoms. The Morgan fingerprint density at radius 3 is 2.52 bits per heavy atom. The minimum atomic E-state index is 0.0357. The first-order valence-electron chi connectivity index (χ1n) is 7.27. The second-order valence-electron chi connectivity index (χ2n) is 5.23.